The summed E-state index contributed by atoms with van der Waals surface area (Å²) in [7, 11) is 0. The van der Waals surface area contributed by atoms with E-state index in [4.69, 9.17) is 23.8 Å². The Morgan fingerprint density at radius 1 is 1.12 bits per heavy atom. The van der Waals surface area contributed by atoms with E-state index < -0.39 is 0 Å². The van der Waals surface area contributed by atoms with Crippen LogP contribution in [0.2, 0.25) is 5.02 Å². The van der Waals surface area contributed by atoms with Crippen LogP contribution in [-0.4, -0.2) is 21.3 Å². The van der Waals surface area contributed by atoms with Gasteiger partial charge in [-0.1, -0.05) is 23.8 Å². The zero-order valence-corrected chi connectivity index (χ0v) is 15.9. The number of rotatable bonds is 2. The van der Waals surface area contributed by atoms with Crippen molar-refractivity contribution in [3.63, 3.8) is 0 Å². The van der Waals surface area contributed by atoms with Crippen LogP contribution in [0.4, 0.5) is 5.69 Å². The van der Waals surface area contributed by atoms with Gasteiger partial charge in [-0.3, -0.25) is 14.4 Å². The lowest BCUT2D eigenvalue weighted by molar-refractivity contribution is -0.120. The summed E-state index contributed by atoms with van der Waals surface area (Å²) in [5.41, 5.74) is 2.58. The first-order valence-electron chi connectivity index (χ1n) is 8.11. The third kappa shape index (κ3) is 2.90. The molecule has 0 bridgehead atoms. The van der Waals surface area contributed by atoms with Gasteiger partial charge in [0, 0.05) is 16.2 Å². The summed E-state index contributed by atoms with van der Waals surface area (Å²) in [4.78, 5) is 38.5. The van der Waals surface area contributed by atoms with Gasteiger partial charge < -0.3 is 5.32 Å². The van der Waals surface area contributed by atoms with E-state index in [2.05, 4.69) is 5.32 Å². The lowest BCUT2D eigenvalue weighted by Gasteiger charge is -2.16. The molecule has 1 fully saturated rings. The normalized spacial score (nSPS) is 21.7. The molecule has 2 aliphatic heterocycles. The van der Waals surface area contributed by atoms with E-state index in [0.717, 1.165) is 24.6 Å². The predicted octanol–water partition coefficient (Wildman–Crippen LogP) is 3.57. The predicted molar refractivity (Wildman–Crippen MR) is 106 cm³/mol. The molecular weight excluding hydrogens is 392 g/mol. The number of nitrogens with zero attached hydrogens (tertiary/aromatic N) is 1. The highest BCUT2D eigenvalue weighted by Gasteiger charge is 2.39. The maximum absolute atomic E-state index is 12.7. The summed E-state index contributed by atoms with van der Waals surface area (Å²) in [5.74, 6) is -0.505. The molecule has 3 aliphatic rings. The topological polar surface area (TPSA) is 66.5 Å². The Morgan fingerprint density at radius 2 is 1.77 bits per heavy atom. The number of halogens is 1. The van der Waals surface area contributed by atoms with Crippen LogP contribution in [0.1, 0.15) is 31.2 Å². The van der Waals surface area contributed by atoms with Gasteiger partial charge in [-0.05, 0) is 67.3 Å². The molecule has 0 saturated carbocycles. The highest BCUT2D eigenvalue weighted by atomic mass is 35.5. The fourth-order valence-corrected chi connectivity index (χ4v) is 4.39. The number of carbonyl (C=O) groups is 3. The number of carbonyl (C=O) groups excluding carboxylic acids is 3. The molecule has 0 radical (unpaired) electrons. The van der Waals surface area contributed by atoms with E-state index in [1.54, 1.807) is 24.3 Å². The first-order valence-corrected chi connectivity index (χ1v) is 9.71. The third-order valence-electron chi connectivity index (χ3n) is 4.57. The lowest BCUT2D eigenvalue weighted by Crippen LogP contribution is -2.31. The molecule has 0 aromatic heterocycles. The maximum atomic E-state index is 12.7. The molecule has 0 unspecified atom stereocenters. The standard InChI is InChI=1S/C18H13ClN2O3S2/c19-13-6-5-10(7-9(13)8-14-17(24)26-18(25)20-14)21-15(22)11-3-1-2-4-12(11)16(21)23/h5-8H,1-4H2,(H,20,25)/b14-8-. The van der Waals surface area contributed by atoms with Crippen LogP contribution in [-0.2, 0) is 14.4 Å². The number of thiocarbonyl (C=S) groups is 1. The molecule has 2 amide bonds. The zero-order valence-electron chi connectivity index (χ0n) is 13.5. The Morgan fingerprint density at radius 3 is 2.35 bits per heavy atom. The summed E-state index contributed by atoms with van der Waals surface area (Å²) in [5, 5.41) is 3.04. The first kappa shape index (κ1) is 17.5. The molecule has 1 saturated heterocycles. The van der Waals surface area contributed by atoms with Crippen molar-refractivity contribution in [2.45, 2.75) is 25.7 Å². The first-order chi connectivity index (χ1) is 12.5. The molecule has 0 atom stereocenters. The quantitative estimate of drug-likeness (QED) is 0.461. The maximum Gasteiger partial charge on any atom is 0.261 e. The summed E-state index contributed by atoms with van der Waals surface area (Å²) in [6.07, 6.45) is 4.73. The third-order valence-corrected chi connectivity index (χ3v) is 5.96. The second-order valence-electron chi connectivity index (χ2n) is 6.18. The Hall–Kier alpha value is -1.96. The van der Waals surface area contributed by atoms with Crippen molar-refractivity contribution in [1.29, 1.82) is 0 Å². The van der Waals surface area contributed by atoms with Crippen molar-refractivity contribution in [2.24, 2.45) is 0 Å². The van der Waals surface area contributed by atoms with Crippen molar-refractivity contribution in [1.82, 2.24) is 5.32 Å². The highest BCUT2D eigenvalue weighted by molar-refractivity contribution is 8.33. The van der Waals surface area contributed by atoms with Crippen LogP contribution < -0.4 is 10.2 Å². The van der Waals surface area contributed by atoms with E-state index in [1.807, 2.05) is 0 Å². The molecule has 8 heteroatoms. The monoisotopic (exact) mass is 404 g/mol. The average Bonchev–Trinajstić information content (AvgIpc) is 3.07. The summed E-state index contributed by atoms with van der Waals surface area (Å²) >= 11 is 12.2. The fourth-order valence-electron chi connectivity index (χ4n) is 3.33. The van der Waals surface area contributed by atoms with Gasteiger partial charge >= 0.3 is 0 Å². The molecule has 26 heavy (non-hydrogen) atoms. The molecule has 1 aromatic carbocycles. The van der Waals surface area contributed by atoms with Gasteiger partial charge in [0.25, 0.3) is 11.8 Å². The van der Waals surface area contributed by atoms with Crippen LogP contribution in [0.15, 0.2) is 35.0 Å². The smallest absolute Gasteiger partial charge is 0.261 e. The summed E-state index contributed by atoms with van der Waals surface area (Å²) in [6, 6.07) is 4.90. The van der Waals surface area contributed by atoms with Crippen LogP contribution >= 0.6 is 35.6 Å². The van der Waals surface area contributed by atoms with Crippen molar-refractivity contribution >= 4 is 68.6 Å². The Balaban J connectivity index is 1.70. The van der Waals surface area contributed by atoms with E-state index in [9.17, 15) is 14.4 Å². The molecular formula is C18H13ClN2O3S2. The zero-order chi connectivity index (χ0) is 18.4. The van der Waals surface area contributed by atoms with E-state index in [1.165, 1.54) is 4.90 Å². The van der Waals surface area contributed by atoms with Crippen molar-refractivity contribution < 1.29 is 14.4 Å². The van der Waals surface area contributed by atoms with Gasteiger partial charge in [0.2, 0.25) is 5.12 Å². The minimum absolute atomic E-state index is 0.193. The summed E-state index contributed by atoms with van der Waals surface area (Å²) in [6.45, 7) is 0. The van der Waals surface area contributed by atoms with Crippen molar-refractivity contribution in [3.8, 4) is 0 Å². The van der Waals surface area contributed by atoms with Crippen LogP contribution in [0.3, 0.4) is 0 Å². The SMILES string of the molecule is O=C1SC(=S)N/C1=C\c1cc(N2C(=O)C3=C(CCCC3)C2=O)ccc1Cl. The second kappa shape index (κ2) is 6.64. The van der Waals surface area contributed by atoms with Gasteiger partial charge in [-0.2, -0.15) is 0 Å². The van der Waals surface area contributed by atoms with Gasteiger partial charge in [0.1, 0.15) is 4.32 Å². The molecule has 0 spiro atoms. The number of imide groups is 1. The number of hydrogen-bond donors (Lipinski definition) is 1. The van der Waals surface area contributed by atoms with E-state index in [0.29, 0.717) is 50.3 Å². The molecule has 4 rings (SSSR count). The number of amides is 2. The van der Waals surface area contributed by atoms with Gasteiger partial charge in [-0.25, -0.2) is 4.90 Å². The molecule has 2 heterocycles. The minimum Gasteiger partial charge on any atom is -0.337 e. The van der Waals surface area contributed by atoms with Crippen molar-refractivity contribution in [2.75, 3.05) is 4.90 Å². The van der Waals surface area contributed by atoms with E-state index >= 15 is 0 Å². The highest BCUT2D eigenvalue weighted by Crippen LogP contribution is 2.37. The Kier molecular flexibility index (Phi) is 4.46. The number of anilines is 1. The second-order valence-corrected chi connectivity index (χ2v) is 8.23. The van der Waals surface area contributed by atoms with Crippen LogP contribution in [0.5, 0.6) is 0 Å². The molecule has 1 aromatic rings. The molecule has 1 N–H and O–H groups in total. The number of hydrogen-bond acceptors (Lipinski definition) is 5. The van der Waals surface area contributed by atoms with Gasteiger partial charge in [0.15, 0.2) is 0 Å². The van der Waals surface area contributed by atoms with E-state index in [-0.39, 0.29) is 16.9 Å². The molecule has 132 valence electrons. The molecule has 5 nitrogen and oxygen atoms in total. The van der Waals surface area contributed by atoms with Gasteiger partial charge in [0.05, 0.1) is 11.4 Å². The molecule has 1 aliphatic carbocycles. The van der Waals surface area contributed by atoms with Crippen LogP contribution in [0, 0.1) is 0 Å². The average molecular weight is 405 g/mol. The minimum atomic E-state index is -0.252. The van der Waals surface area contributed by atoms with Crippen LogP contribution in [0.25, 0.3) is 6.08 Å². The fraction of sp³-hybridized carbons (Fsp3) is 0.222. The summed E-state index contributed by atoms with van der Waals surface area (Å²) < 4.78 is 0.385. The number of benzene rings is 1. The Labute approximate surface area is 164 Å². The largest absolute Gasteiger partial charge is 0.337 e. The Bertz CT molecular complexity index is 924. The number of thioether (sulfide) groups is 1. The lowest BCUT2D eigenvalue weighted by atomic mass is 9.93. The van der Waals surface area contributed by atoms with Gasteiger partial charge in [-0.15, -0.1) is 0 Å². The number of nitrogens with one attached hydrogen (secondary N) is 1. The van der Waals surface area contributed by atoms with Crippen molar-refractivity contribution in [3.05, 3.63) is 45.6 Å².